The van der Waals surface area contributed by atoms with Gasteiger partial charge in [0.15, 0.2) is 0 Å². The molecule has 1 unspecified atom stereocenters. The Labute approximate surface area is 86.3 Å². The lowest BCUT2D eigenvalue weighted by Crippen LogP contribution is -2.06. The van der Waals surface area contributed by atoms with E-state index in [9.17, 15) is 4.79 Å². The molecule has 80 valence electrons. The Kier molecular flexibility index (Phi) is 4.71. The van der Waals surface area contributed by atoms with Crippen molar-refractivity contribution >= 4 is 5.97 Å². The van der Waals surface area contributed by atoms with Crippen LogP contribution < -0.4 is 0 Å². The fourth-order valence-electron chi connectivity index (χ4n) is 1.79. The number of cyclic esters (lactones) is 1. The molecule has 0 aromatic rings. The summed E-state index contributed by atoms with van der Waals surface area (Å²) >= 11 is 0. The lowest BCUT2D eigenvalue weighted by Gasteiger charge is -2.07. The lowest BCUT2D eigenvalue weighted by atomic mass is 10.1. The van der Waals surface area contributed by atoms with E-state index in [1.807, 2.05) is 13.0 Å². The number of rotatable bonds is 5. The van der Waals surface area contributed by atoms with E-state index in [4.69, 9.17) is 4.74 Å². The van der Waals surface area contributed by atoms with Gasteiger partial charge < -0.3 is 4.74 Å². The topological polar surface area (TPSA) is 26.3 Å². The van der Waals surface area contributed by atoms with Crippen LogP contribution in [0.15, 0.2) is 11.6 Å². The average Bonchev–Trinajstić information content (AvgIpc) is 2.54. The first-order valence-corrected chi connectivity index (χ1v) is 5.64. The maximum atomic E-state index is 11.2. The van der Waals surface area contributed by atoms with Gasteiger partial charge in [-0.15, -0.1) is 0 Å². The van der Waals surface area contributed by atoms with Gasteiger partial charge >= 0.3 is 5.97 Å². The average molecular weight is 196 g/mol. The third-order valence-electron chi connectivity index (χ3n) is 2.71. The number of ether oxygens (including phenoxy) is 1. The summed E-state index contributed by atoms with van der Waals surface area (Å²) in [5.41, 5.74) is 0.852. The minimum atomic E-state index is -0.104. The van der Waals surface area contributed by atoms with Crippen molar-refractivity contribution in [3.05, 3.63) is 11.6 Å². The molecule has 1 aliphatic heterocycles. The summed E-state index contributed by atoms with van der Waals surface area (Å²) in [6.45, 7) is 4.10. The molecule has 2 nitrogen and oxygen atoms in total. The van der Waals surface area contributed by atoms with Gasteiger partial charge in [0.05, 0.1) is 0 Å². The molecule has 1 atom stereocenters. The van der Waals surface area contributed by atoms with E-state index in [1.54, 1.807) is 0 Å². The van der Waals surface area contributed by atoms with Crippen LogP contribution in [0.4, 0.5) is 0 Å². The van der Waals surface area contributed by atoms with E-state index < -0.39 is 0 Å². The maximum absolute atomic E-state index is 11.2. The highest BCUT2D eigenvalue weighted by atomic mass is 16.5. The van der Waals surface area contributed by atoms with Crippen molar-refractivity contribution in [2.75, 3.05) is 0 Å². The standard InChI is InChI=1S/C12H20O2/c1-3-5-6-7-8-11-9-10(4-2)12(13)14-11/h4,11H,3,5-9H2,1-2H3. The van der Waals surface area contributed by atoms with Crippen LogP contribution in [-0.2, 0) is 9.53 Å². The molecule has 1 aliphatic rings. The zero-order valence-corrected chi connectivity index (χ0v) is 9.21. The van der Waals surface area contributed by atoms with E-state index in [2.05, 4.69) is 6.92 Å². The van der Waals surface area contributed by atoms with E-state index >= 15 is 0 Å². The van der Waals surface area contributed by atoms with Gasteiger partial charge in [0.25, 0.3) is 0 Å². The van der Waals surface area contributed by atoms with Gasteiger partial charge in [0.1, 0.15) is 6.10 Å². The normalized spacial score (nSPS) is 24.3. The van der Waals surface area contributed by atoms with Crippen LogP contribution >= 0.6 is 0 Å². The first kappa shape index (κ1) is 11.3. The third kappa shape index (κ3) is 3.17. The van der Waals surface area contributed by atoms with Gasteiger partial charge in [-0.25, -0.2) is 4.79 Å². The van der Waals surface area contributed by atoms with Crippen molar-refractivity contribution in [3.63, 3.8) is 0 Å². The Bertz CT molecular complexity index is 218. The Morgan fingerprint density at radius 2 is 2.21 bits per heavy atom. The molecule has 2 heteroatoms. The molecule has 0 aliphatic carbocycles. The number of allylic oxidation sites excluding steroid dienone is 1. The number of hydrogen-bond acceptors (Lipinski definition) is 2. The number of carbonyl (C=O) groups excluding carboxylic acids is 1. The predicted molar refractivity (Wildman–Crippen MR) is 57.0 cm³/mol. The number of hydrogen-bond donors (Lipinski definition) is 0. The molecule has 14 heavy (non-hydrogen) atoms. The van der Waals surface area contributed by atoms with Gasteiger partial charge in [-0.3, -0.25) is 0 Å². The summed E-state index contributed by atoms with van der Waals surface area (Å²) in [6, 6.07) is 0. The first-order valence-electron chi connectivity index (χ1n) is 5.64. The smallest absolute Gasteiger partial charge is 0.334 e. The molecule has 0 radical (unpaired) electrons. The summed E-state index contributed by atoms with van der Waals surface area (Å²) in [5, 5.41) is 0. The van der Waals surface area contributed by atoms with Crippen molar-refractivity contribution in [2.45, 2.75) is 58.5 Å². The SMILES string of the molecule is CC=C1CC(CCCCCC)OC1=O. The van der Waals surface area contributed by atoms with Gasteiger partial charge in [0.2, 0.25) is 0 Å². The van der Waals surface area contributed by atoms with Crippen LogP contribution in [0.3, 0.4) is 0 Å². The summed E-state index contributed by atoms with van der Waals surface area (Å²) < 4.78 is 5.24. The van der Waals surface area contributed by atoms with Gasteiger partial charge in [-0.1, -0.05) is 32.3 Å². The van der Waals surface area contributed by atoms with E-state index in [1.165, 1.54) is 25.7 Å². The molecular formula is C12H20O2. The first-order chi connectivity index (χ1) is 6.77. The van der Waals surface area contributed by atoms with Gasteiger partial charge in [-0.2, -0.15) is 0 Å². The van der Waals surface area contributed by atoms with E-state index in [-0.39, 0.29) is 12.1 Å². The molecule has 0 aromatic heterocycles. The molecule has 1 fully saturated rings. The minimum absolute atomic E-state index is 0.104. The monoisotopic (exact) mass is 196 g/mol. The second-order valence-corrected chi connectivity index (χ2v) is 3.89. The molecule has 0 saturated carbocycles. The summed E-state index contributed by atoms with van der Waals surface area (Å²) in [4.78, 5) is 11.2. The van der Waals surface area contributed by atoms with Crippen LogP contribution in [0.25, 0.3) is 0 Å². The molecule has 1 rings (SSSR count). The van der Waals surface area contributed by atoms with Crippen LogP contribution in [0.5, 0.6) is 0 Å². The highest BCUT2D eigenvalue weighted by Crippen LogP contribution is 2.24. The highest BCUT2D eigenvalue weighted by molar-refractivity contribution is 5.90. The quantitative estimate of drug-likeness (QED) is 0.383. The van der Waals surface area contributed by atoms with Crippen LogP contribution in [0, 0.1) is 0 Å². The van der Waals surface area contributed by atoms with Crippen molar-refractivity contribution in [3.8, 4) is 0 Å². The van der Waals surface area contributed by atoms with Crippen molar-refractivity contribution in [1.29, 1.82) is 0 Å². The molecule has 0 amide bonds. The highest BCUT2D eigenvalue weighted by Gasteiger charge is 2.27. The molecule has 0 N–H and O–H groups in total. The second kappa shape index (κ2) is 5.84. The molecular weight excluding hydrogens is 176 g/mol. The zero-order chi connectivity index (χ0) is 10.4. The van der Waals surface area contributed by atoms with Gasteiger partial charge in [0, 0.05) is 12.0 Å². The number of esters is 1. The Morgan fingerprint density at radius 1 is 1.43 bits per heavy atom. The molecule has 1 saturated heterocycles. The Hall–Kier alpha value is -0.790. The molecule has 0 aromatic carbocycles. The summed E-state index contributed by atoms with van der Waals surface area (Å²) in [6.07, 6.45) is 8.87. The number of unbranched alkanes of at least 4 members (excludes halogenated alkanes) is 3. The second-order valence-electron chi connectivity index (χ2n) is 3.89. The molecule has 1 heterocycles. The van der Waals surface area contributed by atoms with Crippen LogP contribution in [0.1, 0.15) is 52.4 Å². The number of carbonyl (C=O) groups is 1. The summed E-state index contributed by atoms with van der Waals surface area (Å²) in [7, 11) is 0. The lowest BCUT2D eigenvalue weighted by molar-refractivity contribution is -0.139. The van der Waals surface area contributed by atoms with Gasteiger partial charge in [-0.05, 0) is 19.8 Å². The van der Waals surface area contributed by atoms with E-state index in [0.717, 1.165) is 18.4 Å². The summed E-state index contributed by atoms with van der Waals surface area (Å²) in [5.74, 6) is -0.104. The van der Waals surface area contributed by atoms with Crippen molar-refractivity contribution in [2.24, 2.45) is 0 Å². The zero-order valence-electron chi connectivity index (χ0n) is 9.21. The Balaban J connectivity index is 2.19. The third-order valence-corrected chi connectivity index (χ3v) is 2.71. The maximum Gasteiger partial charge on any atom is 0.334 e. The molecule has 0 spiro atoms. The fraction of sp³-hybridized carbons (Fsp3) is 0.750. The van der Waals surface area contributed by atoms with Crippen molar-refractivity contribution < 1.29 is 9.53 Å². The van der Waals surface area contributed by atoms with Crippen LogP contribution in [0.2, 0.25) is 0 Å². The van der Waals surface area contributed by atoms with Crippen LogP contribution in [-0.4, -0.2) is 12.1 Å². The largest absolute Gasteiger partial charge is 0.459 e. The molecule has 0 bridgehead atoms. The van der Waals surface area contributed by atoms with E-state index in [0.29, 0.717) is 0 Å². The van der Waals surface area contributed by atoms with Crippen molar-refractivity contribution in [1.82, 2.24) is 0 Å². The minimum Gasteiger partial charge on any atom is -0.459 e. The Morgan fingerprint density at radius 3 is 2.79 bits per heavy atom. The predicted octanol–water partition coefficient (Wildman–Crippen LogP) is 3.22. The fourth-order valence-corrected chi connectivity index (χ4v) is 1.79.